The molecule has 1 heterocycles. The molecule has 0 radical (unpaired) electrons. The maximum atomic E-state index is 13.8. The summed E-state index contributed by atoms with van der Waals surface area (Å²) >= 11 is 0. The topological polar surface area (TPSA) is 40.6 Å². The molecule has 2 aromatic rings. The van der Waals surface area contributed by atoms with Crippen molar-refractivity contribution in [2.24, 2.45) is 0 Å². The first-order valence-corrected chi connectivity index (χ1v) is 10.9. The van der Waals surface area contributed by atoms with Crippen LogP contribution in [0.25, 0.3) is 0 Å². The van der Waals surface area contributed by atoms with Crippen molar-refractivity contribution in [3.63, 3.8) is 0 Å². The summed E-state index contributed by atoms with van der Waals surface area (Å²) in [5.74, 6) is -1.12. The second-order valence-corrected chi connectivity index (χ2v) is 9.33. The van der Waals surface area contributed by atoms with E-state index in [4.69, 9.17) is 0 Å². The van der Waals surface area contributed by atoms with Crippen LogP contribution in [0.5, 0.6) is 0 Å². The van der Waals surface area contributed by atoms with Crippen molar-refractivity contribution >= 4 is 10.0 Å². The van der Waals surface area contributed by atoms with Gasteiger partial charge >= 0.3 is 0 Å². The molecule has 4 nitrogen and oxygen atoms in total. The zero-order valence-corrected chi connectivity index (χ0v) is 17.3. The van der Waals surface area contributed by atoms with Crippen molar-refractivity contribution in [3.05, 3.63) is 64.2 Å². The van der Waals surface area contributed by atoms with Gasteiger partial charge in [0.1, 0.15) is 11.6 Å². The predicted molar refractivity (Wildman–Crippen MR) is 106 cm³/mol. The molecule has 2 aromatic carbocycles. The SMILES string of the molecule is Cc1cc(C)c(S(=O)(=O)N2CCN(CCc3ccc(F)cc3F)CC2)c(C)c1. The number of rotatable bonds is 5. The lowest BCUT2D eigenvalue weighted by atomic mass is 10.1. The van der Waals surface area contributed by atoms with Crippen LogP contribution < -0.4 is 0 Å². The van der Waals surface area contributed by atoms with Gasteiger partial charge in [-0.05, 0) is 49.9 Å². The molecular weight excluding hydrogens is 382 g/mol. The number of nitrogens with zero attached hydrogens (tertiary/aromatic N) is 2. The highest BCUT2D eigenvalue weighted by Gasteiger charge is 2.30. The van der Waals surface area contributed by atoms with Gasteiger partial charge in [0.25, 0.3) is 0 Å². The van der Waals surface area contributed by atoms with E-state index in [-0.39, 0.29) is 0 Å². The number of sulfonamides is 1. The van der Waals surface area contributed by atoms with Crippen LogP contribution in [0.15, 0.2) is 35.2 Å². The Balaban J connectivity index is 1.63. The van der Waals surface area contributed by atoms with Crippen LogP contribution in [0.4, 0.5) is 8.78 Å². The van der Waals surface area contributed by atoms with Gasteiger partial charge < -0.3 is 4.90 Å². The Labute approximate surface area is 165 Å². The van der Waals surface area contributed by atoms with Gasteiger partial charge in [0.2, 0.25) is 10.0 Å². The summed E-state index contributed by atoms with van der Waals surface area (Å²) in [4.78, 5) is 2.52. The molecule has 1 aliphatic rings. The molecule has 0 atom stereocenters. The van der Waals surface area contributed by atoms with Crippen molar-refractivity contribution in [1.82, 2.24) is 9.21 Å². The quantitative estimate of drug-likeness (QED) is 0.761. The molecule has 0 aliphatic carbocycles. The normalized spacial score (nSPS) is 16.5. The summed E-state index contributed by atoms with van der Waals surface area (Å²) in [7, 11) is -3.54. The molecule has 1 fully saturated rings. The van der Waals surface area contributed by atoms with E-state index in [9.17, 15) is 17.2 Å². The predicted octanol–water partition coefficient (Wildman–Crippen LogP) is 3.44. The molecule has 0 N–H and O–H groups in total. The van der Waals surface area contributed by atoms with Crippen molar-refractivity contribution in [3.8, 4) is 0 Å². The molecule has 3 rings (SSSR count). The Morgan fingerprint density at radius 3 is 2.11 bits per heavy atom. The Hall–Kier alpha value is -1.83. The molecule has 1 aliphatic heterocycles. The van der Waals surface area contributed by atoms with Crippen LogP contribution in [0.1, 0.15) is 22.3 Å². The molecule has 0 amide bonds. The van der Waals surface area contributed by atoms with Crippen LogP contribution in [-0.2, 0) is 16.4 Å². The largest absolute Gasteiger partial charge is 0.300 e. The van der Waals surface area contributed by atoms with Gasteiger partial charge in [-0.2, -0.15) is 4.31 Å². The fourth-order valence-corrected chi connectivity index (χ4v) is 5.73. The highest BCUT2D eigenvalue weighted by molar-refractivity contribution is 7.89. The first-order chi connectivity index (χ1) is 13.2. The summed E-state index contributed by atoms with van der Waals surface area (Å²) in [5.41, 5.74) is 3.06. The van der Waals surface area contributed by atoms with Crippen LogP contribution in [0.3, 0.4) is 0 Å². The second kappa shape index (κ2) is 8.27. The van der Waals surface area contributed by atoms with Gasteiger partial charge in [-0.1, -0.05) is 23.8 Å². The molecule has 0 unspecified atom stereocenters. The molecule has 1 saturated heterocycles. The van der Waals surface area contributed by atoms with Gasteiger partial charge in [0, 0.05) is 38.8 Å². The first kappa shape index (κ1) is 20.9. The van der Waals surface area contributed by atoms with Gasteiger partial charge in [-0.15, -0.1) is 0 Å². The third kappa shape index (κ3) is 4.42. The van der Waals surface area contributed by atoms with Crippen molar-refractivity contribution in [1.29, 1.82) is 0 Å². The van der Waals surface area contributed by atoms with Crippen LogP contribution in [0.2, 0.25) is 0 Å². The Morgan fingerprint density at radius 2 is 1.54 bits per heavy atom. The number of hydrogen-bond acceptors (Lipinski definition) is 3. The van der Waals surface area contributed by atoms with Crippen molar-refractivity contribution < 1.29 is 17.2 Å². The van der Waals surface area contributed by atoms with Crippen LogP contribution in [-0.4, -0.2) is 50.3 Å². The third-order valence-corrected chi connectivity index (χ3v) is 7.45. The molecule has 7 heteroatoms. The smallest absolute Gasteiger partial charge is 0.243 e. The Morgan fingerprint density at radius 1 is 0.929 bits per heavy atom. The highest BCUT2D eigenvalue weighted by atomic mass is 32.2. The van der Waals surface area contributed by atoms with E-state index in [1.54, 1.807) is 0 Å². The zero-order valence-electron chi connectivity index (χ0n) is 16.5. The fourth-order valence-electron chi connectivity index (χ4n) is 3.90. The number of aryl methyl sites for hydroxylation is 3. The van der Waals surface area contributed by atoms with E-state index in [2.05, 4.69) is 4.90 Å². The molecular formula is C21H26F2N2O2S. The van der Waals surface area contributed by atoms with Gasteiger partial charge in [0.05, 0.1) is 4.90 Å². The van der Waals surface area contributed by atoms with Crippen molar-refractivity contribution in [2.75, 3.05) is 32.7 Å². The molecule has 0 saturated carbocycles. The first-order valence-electron chi connectivity index (χ1n) is 9.43. The highest BCUT2D eigenvalue weighted by Crippen LogP contribution is 2.26. The monoisotopic (exact) mass is 408 g/mol. The number of benzene rings is 2. The molecule has 0 spiro atoms. The summed E-state index contributed by atoms with van der Waals surface area (Å²) in [6.07, 6.45) is 0.467. The molecule has 0 aromatic heterocycles. The number of hydrogen-bond donors (Lipinski definition) is 0. The van der Waals surface area contributed by atoms with Crippen molar-refractivity contribution in [2.45, 2.75) is 32.1 Å². The average Bonchev–Trinajstić information content (AvgIpc) is 2.60. The minimum absolute atomic E-state index is 0.403. The van der Waals surface area contributed by atoms with E-state index in [1.807, 2.05) is 32.9 Å². The number of halogens is 2. The lowest BCUT2D eigenvalue weighted by Gasteiger charge is -2.34. The average molecular weight is 409 g/mol. The van der Waals surface area contributed by atoms with Gasteiger partial charge in [-0.25, -0.2) is 17.2 Å². The number of piperazine rings is 1. The minimum atomic E-state index is -3.54. The molecule has 152 valence electrons. The standard InChI is InChI=1S/C21H26F2N2O2S/c1-15-12-16(2)21(17(3)13-15)28(26,27)25-10-8-24(9-11-25)7-6-18-4-5-19(22)14-20(18)23/h4-5,12-14H,6-11H2,1-3H3. The lowest BCUT2D eigenvalue weighted by Crippen LogP contribution is -2.49. The maximum Gasteiger partial charge on any atom is 0.243 e. The van der Waals surface area contributed by atoms with Crippen LogP contribution >= 0.6 is 0 Å². The van der Waals surface area contributed by atoms with Gasteiger partial charge in [-0.3, -0.25) is 0 Å². The summed E-state index contributed by atoms with van der Waals surface area (Å²) in [6.45, 7) is 8.22. The van der Waals surface area contributed by atoms with E-state index in [0.717, 1.165) is 22.8 Å². The second-order valence-electron chi connectivity index (χ2n) is 7.46. The lowest BCUT2D eigenvalue weighted by molar-refractivity contribution is 0.189. The van der Waals surface area contributed by atoms with E-state index in [1.165, 1.54) is 16.4 Å². The van der Waals surface area contributed by atoms with Gasteiger partial charge in [0.15, 0.2) is 0 Å². The van der Waals surface area contributed by atoms with E-state index >= 15 is 0 Å². The molecule has 28 heavy (non-hydrogen) atoms. The third-order valence-electron chi connectivity index (χ3n) is 5.25. The summed E-state index contributed by atoms with van der Waals surface area (Å²) in [6, 6.07) is 7.41. The van der Waals surface area contributed by atoms with Crippen LogP contribution in [0, 0.1) is 32.4 Å². The summed E-state index contributed by atoms with van der Waals surface area (Å²) in [5, 5.41) is 0. The van der Waals surface area contributed by atoms with E-state index in [0.29, 0.717) is 49.6 Å². The van der Waals surface area contributed by atoms with E-state index < -0.39 is 21.7 Å². The Kier molecular flexibility index (Phi) is 6.17. The fraction of sp³-hybridized carbons (Fsp3) is 0.429. The maximum absolute atomic E-state index is 13.8. The Bertz CT molecular complexity index is 945. The molecule has 0 bridgehead atoms. The minimum Gasteiger partial charge on any atom is -0.300 e. The summed E-state index contributed by atoms with van der Waals surface area (Å²) < 4.78 is 54.6. The zero-order chi connectivity index (χ0) is 20.5.